The number of aromatic nitrogens is 2. The Morgan fingerprint density at radius 2 is 1.95 bits per heavy atom. The Kier molecular flexibility index (Phi) is 4.95. The van der Waals surface area contributed by atoms with Crippen LogP contribution in [-0.4, -0.2) is 24.2 Å². The van der Waals surface area contributed by atoms with Gasteiger partial charge in [-0.25, -0.2) is 9.97 Å². The number of hydrogen-bond donors (Lipinski definition) is 0. The van der Waals surface area contributed by atoms with Crippen molar-refractivity contribution in [3.63, 3.8) is 0 Å². The number of rotatable bonds is 5. The van der Waals surface area contributed by atoms with Crippen LogP contribution in [0.2, 0.25) is 0 Å². The fraction of sp³-hybridized carbons (Fsp3) is 0.333. The van der Waals surface area contributed by atoms with E-state index in [1.54, 1.807) is 14.2 Å². The summed E-state index contributed by atoms with van der Waals surface area (Å²) in [5, 5.41) is 0. The van der Waals surface area contributed by atoms with E-state index in [1.807, 2.05) is 19.1 Å². The van der Waals surface area contributed by atoms with Crippen LogP contribution in [0.5, 0.6) is 11.6 Å². The Balaban J connectivity index is 2.16. The topological polar surface area (TPSA) is 44.2 Å². The molecule has 0 spiro atoms. The van der Waals surface area contributed by atoms with Gasteiger partial charge in [0, 0.05) is 23.0 Å². The molecule has 1 atom stereocenters. The summed E-state index contributed by atoms with van der Waals surface area (Å²) in [7, 11) is 3.28. The normalized spacial score (nSPS) is 12.0. The maximum absolute atomic E-state index is 5.36. The zero-order chi connectivity index (χ0) is 14.5. The molecule has 1 aromatic heterocycles. The third-order valence-corrected chi connectivity index (χ3v) is 3.94. The van der Waals surface area contributed by atoms with E-state index in [0.29, 0.717) is 5.88 Å². The molecule has 5 heteroatoms. The zero-order valence-electron chi connectivity index (χ0n) is 11.8. The lowest BCUT2D eigenvalue weighted by molar-refractivity contribution is 0.396. The molecular formula is C15H17BrN2O2. The average molecular weight is 337 g/mol. The third-order valence-electron chi connectivity index (χ3n) is 3.09. The number of ether oxygens (including phenoxy) is 2. The van der Waals surface area contributed by atoms with Gasteiger partial charge in [0.25, 0.3) is 0 Å². The lowest BCUT2D eigenvalue weighted by Gasteiger charge is -2.13. The Bertz CT molecular complexity index is 590. The SMILES string of the molecule is COc1cc(CC(Br)c2ccc(C)c(OC)c2)ncn1. The van der Waals surface area contributed by atoms with Crippen LogP contribution in [0.1, 0.15) is 21.6 Å². The summed E-state index contributed by atoms with van der Waals surface area (Å²) in [5.41, 5.74) is 3.21. The van der Waals surface area contributed by atoms with Crippen molar-refractivity contribution in [3.05, 3.63) is 47.4 Å². The van der Waals surface area contributed by atoms with Gasteiger partial charge >= 0.3 is 0 Å². The summed E-state index contributed by atoms with van der Waals surface area (Å²) in [6.07, 6.45) is 2.27. The van der Waals surface area contributed by atoms with E-state index in [9.17, 15) is 0 Å². The van der Waals surface area contributed by atoms with Crippen LogP contribution in [0.15, 0.2) is 30.6 Å². The predicted octanol–water partition coefficient (Wildman–Crippen LogP) is 3.48. The van der Waals surface area contributed by atoms with Crippen molar-refractivity contribution < 1.29 is 9.47 Å². The number of aryl methyl sites for hydroxylation is 1. The highest BCUT2D eigenvalue weighted by Gasteiger charge is 2.12. The minimum Gasteiger partial charge on any atom is -0.496 e. The lowest BCUT2D eigenvalue weighted by Crippen LogP contribution is -2.00. The molecule has 4 nitrogen and oxygen atoms in total. The van der Waals surface area contributed by atoms with Crippen LogP contribution in [0.3, 0.4) is 0 Å². The van der Waals surface area contributed by atoms with Crippen LogP contribution in [0, 0.1) is 6.92 Å². The van der Waals surface area contributed by atoms with Crippen molar-refractivity contribution in [1.29, 1.82) is 0 Å². The Morgan fingerprint density at radius 3 is 2.65 bits per heavy atom. The first-order valence-electron chi connectivity index (χ1n) is 6.27. The first kappa shape index (κ1) is 14.8. The molecule has 2 aromatic rings. The van der Waals surface area contributed by atoms with E-state index in [2.05, 4.69) is 38.0 Å². The van der Waals surface area contributed by atoms with Gasteiger partial charge in [0.1, 0.15) is 12.1 Å². The van der Waals surface area contributed by atoms with Gasteiger partial charge in [0.05, 0.1) is 14.2 Å². The maximum atomic E-state index is 5.36. The molecule has 0 amide bonds. The molecule has 20 heavy (non-hydrogen) atoms. The molecule has 0 aliphatic rings. The molecule has 1 unspecified atom stereocenters. The van der Waals surface area contributed by atoms with Crippen LogP contribution in [0.4, 0.5) is 0 Å². The van der Waals surface area contributed by atoms with E-state index >= 15 is 0 Å². The highest BCUT2D eigenvalue weighted by molar-refractivity contribution is 9.09. The first-order chi connectivity index (χ1) is 9.63. The molecule has 0 aliphatic heterocycles. The van der Waals surface area contributed by atoms with Crippen molar-refractivity contribution in [2.45, 2.75) is 18.2 Å². The molecule has 0 saturated carbocycles. The standard InChI is InChI=1S/C15H17BrN2O2/c1-10-4-5-11(6-14(10)19-2)13(16)7-12-8-15(20-3)18-9-17-12/h4-6,8-9,13H,7H2,1-3H3. The minimum atomic E-state index is 0.164. The van der Waals surface area contributed by atoms with Gasteiger partial charge < -0.3 is 9.47 Å². The molecule has 0 saturated heterocycles. The van der Waals surface area contributed by atoms with Gasteiger partial charge in [0.2, 0.25) is 5.88 Å². The maximum Gasteiger partial charge on any atom is 0.216 e. The molecule has 2 rings (SSSR count). The van der Waals surface area contributed by atoms with E-state index < -0.39 is 0 Å². The van der Waals surface area contributed by atoms with Gasteiger partial charge in [-0.1, -0.05) is 28.1 Å². The van der Waals surface area contributed by atoms with Gasteiger partial charge in [-0.3, -0.25) is 0 Å². The summed E-state index contributed by atoms with van der Waals surface area (Å²) in [6.45, 7) is 2.03. The number of halogens is 1. The summed E-state index contributed by atoms with van der Waals surface area (Å²) in [6, 6.07) is 8.05. The van der Waals surface area contributed by atoms with Crippen LogP contribution >= 0.6 is 15.9 Å². The van der Waals surface area contributed by atoms with Gasteiger partial charge in [0.15, 0.2) is 0 Å². The van der Waals surface area contributed by atoms with Gasteiger partial charge in [-0.15, -0.1) is 0 Å². The van der Waals surface area contributed by atoms with Crippen molar-refractivity contribution >= 4 is 15.9 Å². The highest BCUT2D eigenvalue weighted by Crippen LogP contribution is 2.30. The number of methoxy groups -OCH3 is 2. The Labute approximate surface area is 127 Å². The van der Waals surface area contributed by atoms with E-state index in [4.69, 9.17) is 9.47 Å². The van der Waals surface area contributed by atoms with Gasteiger partial charge in [-0.05, 0) is 24.1 Å². The second-order valence-corrected chi connectivity index (χ2v) is 5.56. The minimum absolute atomic E-state index is 0.164. The first-order valence-corrected chi connectivity index (χ1v) is 7.19. The van der Waals surface area contributed by atoms with Gasteiger partial charge in [-0.2, -0.15) is 0 Å². The largest absolute Gasteiger partial charge is 0.496 e. The van der Waals surface area contributed by atoms with Crippen LogP contribution < -0.4 is 9.47 Å². The molecule has 1 heterocycles. The van der Waals surface area contributed by atoms with Crippen LogP contribution in [0.25, 0.3) is 0 Å². The lowest BCUT2D eigenvalue weighted by atomic mass is 10.1. The number of alkyl halides is 1. The monoisotopic (exact) mass is 336 g/mol. The van der Waals surface area contributed by atoms with E-state index in [0.717, 1.165) is 29.0 Å². The second kappa shape index (κ2) is 6.70. The molecule has 0 aliphatic carbocycles. The number of nitrogens with zero attached hydrogens (tertiary/aromatic N) is 2. The third kappa shape index (κ3) is 3.48. The Hall–Kier alpha value is -1.62. The quantitative estimate of drug-likeness (QED) is 0.784. The average Bonchev–Trinajstić information content (AvgIpc) is 2.47. The summed E-state index contributed by atoms with van der Waals surface area (Å²) < 4.78 is 10.5. The van der Waals surface area contributed by atoms with Crippen LogP contribution in [-0.2, 0) is 6.42 Å². The highest BCUT2D eigenvalue weighted by atomic mass is 79.9. The number of benzene rings is 1. The fourth-order valence-electron chi connectivity index (χ4n) is 1.93. The fourth-order valence-corrected chi connectivity index (χ4v) is 2.55. The zero-order valence-corrected chi connectivity index (χ0v) is 13.3. The Morgan fingerprint density at radius 1 is 1.15 bits per heavy atom. The van der Waals surface area contributed by atoms with E-state index in [1.165, 1.54) is 6.33 Å². The molecular weight excluding hydrogens is 320 g/mol. The predicted molar refractivity (Wildman–Crippen MR) is 81.7 cm³/mol. The van der Waals surface area contributed by atoms with E-state index in [-0.39, 0.29) is 4.83 Å². The molecule has 0 N–H and O–H groups in total. The van der Waals surface area contributed by atoms with Crippen molar-refractivity contribution in [1.82, 2.24) is 9.97 Å². The van der Waals surface area contributed by atoms with Crippen molar-refractivity contribution in [2.24, 2.45) is 0 Å². The summed E-state index contributed by atoms with van der Waals surface area (Å²) >= 11 is 3.70. The molecule has 106 valence electrons. The number of hydrogen-bond acceptors (Lipinski definition) is 4. The van der Waals surface area contributed by atoms with Crippen molar-refractivity contribution in [2.75, 3.05) is 14.2 Å². The molecule has 0 fully saturated rings. The molecule has 0 bridgehead atoms. The van der Waals surface area contributed by atoms with Crippen molar-refractivity contribution in [3.8, 4) is 11.6 Å². The molecule has 1 aromatic carbocycles. The molecule has 0 radical (unpaired) electrons. The smallest absolute Gasteiger partial charge is 0.216 e. The summed E-state index contributed by atoms with van der Waals surface area (Å²) in [5.74, 6) is 1.48. The summed E-state index contributed by atoms with van der Waals surface area (Å²) in [4.78, 5) is 8.43. The second-order valence-electron chi connectivity index (χ2n) is 4.45.